The van der Waals surface area contributed by atoms with Gasteiger partial charge in [-0.15, -0.1) is 0 Å². The molecule has 2 aromatic carbocycles. The quantitative estimate of drug-likeness (QED) is 0.436. The lowest BCUT2D eigenvalue weighted by Crippen LogP contribution is -2.16. The van der Waals surface area contributed by atoms with Crippen LogP contribution in [0.5, 0.6) is 0 Å². The summed E-state index contributed by atoms with van der Waals surface area (Å²) in [5.74, 6) is 1.94. The lowest BCUT2D eigenvalue weighted by Gasteiger charge is -2.29. The van der Waals surface area contributed by atoms with Crippen molar-refractivity contribution < 1.29 is 4.39 Å². The molecule has 0 bridgehead atoms. The van der Waals surface area contributed by atoms with Crippen molar-refractivity contribution in [2.24, 2.45) is 5.92 Å². The number of imidazole rings is 1. The topological polar surface area (TPSA) is 41.6 Å². The van der Waals surface area contributed by atoms with E-state index < -0.39 is 0 Å². The Morgan fingerprint density at radius 1 is 1.00 bits per heavy atom. The lowest BCUT2D eigenvalue weighted by molar-refractivity contribution is 0.322. The number of nitrogens with one attached hydrogen (secondary N) is 1. The van der Waals surface area contributed by atoms with E-state index in [0.717, 1.165) is 59.9 Å². The van der Waals surface area contributed by atoms with Crippen molar-refractivity contribution in [3.63, 3.8) is 0 Å². The van der Waals surface area contributed by atoms with E-state index in [9.17, 15) is 4.39 Å². The van der Waals surface area contributed by atoms with Gasteiger partial charge in [0.15, 0.2) is 0 Å². The number of rotatable bonds is 3. The van der Waals surface area contributed by atoms with Gasteiger partial charge in [-0.2, -0.15) is 0 Å². The van der Waals surface area contributed by atoms with Crippen molar-refractivity contribution in [2.45, 2.75) is 38.0 Å². The first-order valence-electron chi connectivity index (χ1n) is 9.84. The molecule has 142 valence electrons. The van der Waals surface area contributed by atoms with E-state index in [1.807, 2.05) is 24.4 Å². The minimum absolute atomic E-state index is 0.194. The number of halogens is 2. The zero-order chi connectivity index (χ0) is 19.1. The highest BCUT2D eigenvalue weighted by molar-refractivity contribution is 6.31. The number of aromatic nitrogens is 3. The van der Waals surface area contributed by atoms with Gasteiger partial charge in [-0.3, -0.25) is 4.98 Å². The molecule has 3 nitrogen and oxygen atoms in total. The lowest BCUT2D eigenvalue weighted by atomic mass is 9.77. The highest BCUT2D eigenvalue weighted by Crippen LogP contribution is 2.39. The van der Waals surface area contributed by atoms with Crippen molar-refractivity contribution in [3.8, 4) is 0 Å². The summed E-state index contributed by atoms with van der Waals surface area (Å²) in [4.78, 5) is 12.5. The standard InChI is InChI=1S/C23H21ClFN3/c24-16-5-7-21-22(12-16)28-23(27-21)11-14-1-3-15(4-2-14)18-9-10-26-20-8-6-17(25)13-19(18)20/h5-10,12-15H,1-4,11H2,(H,27,28). The maximum Gasteiger partial charge on any atom is 0.123 e. The maximum absolute atomic E-state index is 13.8. The van der Waals surface area contributed by atoms with E-state index in [1.165, 1.54) is 11.6 Å². The van der Waals surface area contributed by atoms with Gasteiger partial charge >= 0.3 is 0 Å². The molecule has 0 atom stereocenters. The third kappa shape index (κ3) is 3.37. The van der Waals surface area contributed by atoms with Crippen LogP contribution in [0.3, 0.4) is 0 Å². The molecule has 1 N–H and O–H groups in total. The van der Waals surface area contributed by atoms with E-state index in [4.69, 9.17) is 16.6 Å². The second-order valence-corrected chi connectivity index (χ2v) is 8.26. The number of aromatic amines is 1. The Labute approximate surface area is 168 Å². The van der Waals surface area contributed by atoms with Gasteiger partial charge in [-0.1, -0.05) is 11.6 Å². The average molecular weight is 394 g/mol. The molecule has 0 spiro atoms. The molecule has 0 amide bonds. The fourth-order valence-corrected chi connectivity index (χ4v) is 4.74. The molecular weight excluding hydrogens is 373 g/mol. The van der Waals surface area contributed by atoms with Crippen LogP contribution in [0, 0.1) is 11.7 Å². The van der Waals surface area contributed by atoms with Gasteiger partial charge in [-0.05, 0) is 85.5 Å². The number of hydrogen-bond acceptors (Lipinski definition) is 2. The summed E-state index contributed by atoms with van der Waals surface area (Å²) >= 11 is 6.06. The molecule has 1 aliphatic carbocycles. The number of fused-ring (bicyclic) bond motifs is 2. The van der Waals surface area contributed by atoms with Gasteiger partial charge in [0.05, 0.1) is 16.6 Å². The molecule has 0 radical (unpaired) electrons. The molecule has 0 unspecified atom stereocenters. The van der Waals surface area contributed by atoms with Crippen molar-refractivity contribution in [1.82, 2.24) is 15.0 Å². The largest absolute Gasteiger partial charge is 0.342 e. The molecule has 0 saturated heterocycles. The number of H-pyrrole nitrogens is 1. The molecular formula is C23H21ClFN3. The number of hydrogen-bond donors (Lipinski definition) is 1. The Kier molecular flexibility index (Phi) is 4.52. The second kappa shape index (κ2) is 7.17. The van der Waals surface area contributed by atoms with Crippen LogP contribution in [0.4, 0.5) is 4.39 Å². The monoisotopic (exact) mass is 393 g/mol. The third-order valence-corrected chi connectivity index (χ3v) is 6.24. The Balaban J connectivity index is 1.30. The summed E-state index contributed by atoms with van der Waals surface area (Å²) in [6.07, 6.45) is 7.35. The highest BCUT2D eigenvalue weighted by Gasteiger charge is 2.24. The van der Waals surface area contributed by atoms with Crippen LogP contribution in [0.2, 0.25) is 5.02 Å². The van der Waals surface area contributed by atoms with Gasteiger partial charge in [0.1, 0.15) is 11.6 Å². The van der Waals surface area contributed by atoms with Gasteiger partial charge in [0, 0.05) is 23.0 Å². The van der Waals surface area contributed by atoms with Crippen molar-refractivity contribution >= 4 is 33.5 Å². The predicted octanol–water partition coefficient (Wildman–Crippen LogP) is 6.42. The summed E-state index contributed by atoms with van der Waals surface area (Å²) in [5, 5.41) is 1.67. The van der Waals surface area contributed by atoms with Crippen LogP contribution in [0.25, 0.3) is 21.9 Å². The van der Waals surface area contributed by atoms with Gasteiger partial charge in [0.2, 0.25) is 0 Å². The first kappa shape index (κ1) is 17.6. The fourth-order valence-electron chi connectivity index (χ4n) is 4.58. The molecule has 1 fully saturated rings. The van der Waals surface area contributed by atoms with Crippen LogP contribution >= 0.6 is 11.6 Å². The fraction of sp³-hybridized carbons (Fsp3) is 0.304. The number of pyridine rings is 1. The number of benzene rings is 2. The first-order chi connectivity index (χ1) is 13.7. The van der Waals surface area contributed by atoms with Gasteiger partial charge < -0.3 is 4.98 Å². The minimum Gasteiger partial charge on any atom is -0.342 e. The summed E-state index contributed by atoms with van der Waals surface area (Å²) in [5.41, 5.74) is 4.09. The summed E-state index contributed by atoms with van der Waals surface area (Å²) < 4.78 is 13.8. The SMILES string of the molecule is Fc1ccc2nccc(C3CCC(Cc4nc5cc(Cl)ccc5[nH]4)CC3)c2c1. The molecule has 1 saturated carbocycles. The van der Waals surface area contributed by atoms with Crippen LogP contribution in [0.15, 0.2) is 48.7 Å². The molecule has 28 heavy (non-hydrogen) atoms. The van der Waals surface area contributed by atoms with E-state index in [2.05, 4.69) is 16.0 Å². The molecule has 4 aromatic rings. The summed E-state index contributed by atoms with van der Waals surface area (Å²) in [6, 6.07) is 12.7. The predicted molar refractivity (Wildman–Crippen MR) is 111 cm³/mol. The molecule has 5 rings (SSSR count). The molecule has 5 heteroatoms. The van der Waals surface area contributed by atoms with Gasteiger partial charge in [-0.25, -0.2) is 9.37 Å². The van der Waals surface area contributed by atoms with Gasteiger partial charge in [0.25, 0.3) is 0 Å². The van der Waals surface area contributed by atoms with E-state index in [0.29, 0.717) is 16.9 Å². The minimum atomic E-state index is -0.194. The van der Waals surface area contributed by atoms with Crippen molar-refractivity contribution in [3.05, 3.63) is 70.9 Å². The Morgan fingerprint density at radius 2 is 1.86 bits per heavy atom. The summed E-state index contributed by atoms with van der Waals surface area (Å²) in [6.45, 7) is 0. The summed E-state index contributed by atoms with van der Waals surface area (Å²) in [7, 11) is 0. The smallest absolute Gasteiger partial charge is 0.123 e. The second-order valence-electron chi connectivity index (χ2n) is 7.83. The van der Waals surface area contributed by atoms with Crippen molar-refractivity contribution in [1.29, 1.82) is 0 Å². The Bertz CT molecular complexity index is 1150. The number of nitrogens with zero attached hydrogens (tertiary/aromatic N) is 2. The van der Waals surface area contributed by atoms with Crippen LogP contribution in [-0.2, 0) is 6.42 Å². The maximum atomic E-state index is 13.8. The Hall–Kier alpha value is -2.46. The molecule has 2 aromatic heterocycles. The van der Waals surface area contributed by atoms with Crippen LogP contribution < -0.4 is 0 Å². The molecule has 2 heterocycles. The third-order valence-electron chi connectivity index (χ3n) is 6.00. The first-order valence-corrected chi connectivity index (χ1v) is 10.2. The van der Waals surface area contributed by atoms with Crippen molar-refractivity contribution in [2.75, 3.05) is 0 Å². The average Bonchev–Trinajstić information content (AvgIpc) is 3.09. The van der Waals surface area contributed by atoms with E-state index in [1.54, 1.807) is 12.1 Å². The normalized spacial score (nSPS) is 20.1. The van der Waals surface area contributed by atoms with E-state index >= 15 is 0 Å². The highest BCUT2D eigenvalue weighted by atomic mass is 35.5. The van der Waals surface area contributed by atoms with E-state index in [-0.39, 0.29) is 5.82 Å². The van der Waals surface area contributed by atoms with Crippen LogP contribution in [0.1, 0.15) is 43.0 Å². The zero-order valence-electron chi connectivity index (χ0n) is 15.5. The molecule has 1 aliphatic rings. The Morgan fingerprint density at radius 3 is 2.71 bits per heavy atom. The molecule has 0 aliphatic heterocycles. The zero-order valence-corrected chi connectivity index (χ0v) is 16.2. The van der Waals surface area contributed by atoms with Crippen LogP contribution in [-0.4, -0.2) is 15.0 Å².